The largest absolute Gasteiger partial charge is 0.290 e. The van der Waals surface area contributed by atoms with Crippen molar-refractivity contribution < 1.29 is 0 Å². The van der Waals surface area contributed by atoms with Gasteiger partial charge in [0.25, 0.3) is 0 Å². The van der Waals surface area contributed by atoms with Gasteiger partial charge in [0.05, 0.1) is 0 Å². The van der Waals surface area contributed by atoms with Gasteiger partial charge in [-0.1, -0.05) is 50.3 Å². The molecule has 1 aromatic rings. The summed E-state index contributed by atoms with van der Waals surface area (Å²) in [4.78, 5) is 4.46. The van der Waals surface area contributed by atoms with Crippen molar-refractivity contribution in [3.8, 4) is 0 Å². The number of allylic oxidation sites excluding steroid dienone is 1. The molecule has 0 atom stereocenters. The van der Waals surface area contributed by atoms with E-state index in [1.54, 1.807) is 0 Å². The van der Waals surface area contributed by atoms with Gasteiger partial charge in [-0.25, -0.2) is 0 Å². The molecule has 0 aliphatic carbocycles. The van der Waals surface area contributed by atoms with E-state index in [1.165, 1.54) is 5.56 Å². The minimum absolute atomic E-state index is 0.477. The van der Waals surface area contributed by atoms with Gasteiger partial charge in [-0.05, 0) is 24.5 Å². The third kappa shape index (κ3) is 4.59. The molecule has 1 nitrogen and oxygen atoms in total. The van der Waals surface area contributed by atoms with E-state index < -0.39 is 0 Å². The summed E-state index contributed by atoms with van der Waals surface area (Å²) in [6.45, 7) is 4.35. The van der Waals surface area contributed by atoms with E-state index in [2.05, 4.69) is 37.0 Å². The first kappa shape index (κ1) is 11.7. The summed E-state index contributed by atoms with van der Waals surface area (Å²) in [7, 11) is 0. The van der Waals surface area contributed by atoms with Gasteiger partial charge in [0, 0.05) is 12.3 Å². The fourth-order valence-electron chi connectivity index (χ4n) is 1.39. The van der Waals surface area contributed by atoms with E-state index in [4.69, 9.17) is 0 Å². The first-order valence-electron chi connectivity index (χ1n) is 5.61. The zero-order chi connectivity index (χ0) is 10.9. The van der Waals surface area contributed by atoms with Crippen LogP contribution >= 0.6 is 0 Å². The Hall–Kier alpha value is -1.37. The fraction of sp³-hybridized carbons (Fsp3) is 0.357. The molecule has 0 heterocycles. The molecule has 0 aliphatic rings. The van der Waals surface area contributed by atoms with Crippen molar-refractivity contribution in [3.63, 3.8) is 0 Å². The highest BCUT2D eigenvalue weighted by Crippen LogP contribution is 2.02. The maximum Gasteiger partial charge on any atom is 0.0494 e. The van der Waals surface area contributed by atoms with Gasteiger partial charge in [0.15, 0.2) is 0 Å². The van der Waals surface area contributed by atoms with Gasteiger partial charge in [0.1, 0.15) is 0 Å². The van der Waals surface area contributed by atoms with Gasteiger partial charge < -0.3 is 0 Å². The third-order valence-corrected chi connectivity index (χ3v) is 2.41. The van der Waals surface area contributed by atoms with Crippen LogP contribution in [0.15, 0.2) is 41.4 Å². The molecular weight excluding hydrogens is 182 g/mol. The van der Waals surface area contributed by atoms with E-state index in [9.17, 15) is 0 Å². The van der Waals surface area contributed by atoms with Gasteiger partial charge in [-0.3, -0.25) is 4.99 Å². The maximum absolute atomic E-state index is 4.46. The van der Waals surface area contributed by atoms with Crippen LogP contribution in [0.2, 0.25) is 0 Å². The zero-order valence-corrected chi connectivity index (χ0v) is 9.56. The Morgan fingerprint density at radius 1 is 1.13 bits per heavy atom. The normalized spacial score (nSPS) is 11.9. The smallest absolute Gasteiger partial charge is 0.0494 e. The quantitative estimate of drug-likeness (QED) is 0.639. The molecule has 0 bridgehead atoms. The van der Waals surface area contributed by atoms with E-state index in [1.807, 2.05) is 30.5 Å². The highest BCUT2D eigenvalue weighted by atomic mass is 14.8. The van der Waals surface area contributed by atoms with E-state index in [0.29, 0.717) is 6.04 Å². The molecule has 0 saturated heterocycles. The summed E-state index contributed by atoms with van der Waals surface area (Å²) < 4.78 is 0. The Kier molecular flexibility index (Phi) is 5.46. The van der Waals surface area contributed by atoms with Crippen LogP contribution in [0.3, 0.4) is 0 Å². The third-order valence-electron chi connectivity index (χ3n) is 2.41. The number of benzene rings is 1. The van der Waals surface area contributed by atoms with E-state index >= 15 is 0 Å². The van der Waals surface area contributed by atoms with Crippen LogP contribution in [-0.2, 0) is 0 Å². The molecule has 0 saturated carbocycles. The summed E-state index contributed by atoms with van der Waals surface area (Å²) in [5.74, 6) is 0. The molecule has 1 heteroatoms. The highest BCUT2D eigenvalue weighted by molar-refractivity contribution is 5.78. The van der Waals surface area contributed by atoms with Gasteiger partial charge in [-0.2, -0.15) is 0 Å². The minimum Gasteiger partial charge on any atom is -0.290 e. The zero-order valence-electron chi connectivity index (χ0n) is 9.56. The molecule has 0 N–H and O–H groups in total. The van der Waals surface area contributed by atoms with Crippen molar-refractivity contribution in [1.82, 2.24) is 0 Å². The predicted molar refractivity (Wildman–Crippen MR) is 68.3 cm³/mol. The first-order valence-corrected chi connectivity index (χ1v) is 5.61. The Labute approximate surface area is 92.6 Å². The predicted octanol–water partition coefficient (Wildman–Crippen LogP) is 3.96. The summed E-state index contributed by atoms with van der Waals surface area (Å²) in [5, 5.41) is 0. The topological polar surface area (TPSA) is 12.4 Å². The van der Waals surface area contributed by atoms with Crippen LogP contribution < -0.4 is 0 Å². The Balaban J connectivity index is 2.46. The van der Waals surface area contributed by atoms with Crippen molar-refractivity contribution in [2.24, 2.45) is 4.99 Å². The lowest BCUT2D eigenvalue weighted by atomic mass is 10.2. The number of hydrogen-bond donors (Lipinski definition) is 0. The van der Waals surface area contributed by atoms with Crippen molar-refractivity contribution in [2.75, 3.05) is 0 Å². The molecule has 0 unspecified atom stereocenters. The molecule has 0 aromatic heterocycles. The molecule has 0 spiro atoms. The lowest BCUT2D eigenvalue weighted by molar-refractivity contribution is 0.634. The number of hydrogen-bond acceptors (Lipinski definition) is 1. The van der Waals surface area contributed by atoms with Crippen LogP contribution in [0.25, 0.3) is 6.08 Å². The molecule has 0 aliphatic heterocycles. The fourth-order valence-corrected chi connectivity index (χ4v) is 1.39. The van der Waals surface area contributed by atoms with Crippen LogP contribution in [0.1, 0.15) is 32.3 Å². The Bertz CT molecular complexity index is 307. The molecule has 1 aromatic carbocycles. The number of aliphatic imine (C=N–C) groups is 1. The summed E-state index contributed by atoms with van der Waals surface area (Å²) in [6.07, 6.45) is 8.22. The van der Waals surface area contributed by atoms with Crippen molar-refractivity contribution in [3.05, 3.63) is 42.0 Å². The van der Waals surface area contributed by atoms with E-state index in [0.717, 1.165) is 12.8 Å². The second kappa shape index (κ2) is 6.99. The second-order valence-corrected chi connectivity index (χ2v) is 3.54. The van der Waals surface area contributed by atoms with Gasteiger partial charge in [0.2, 0.25) is 0 Å². The molecular formula is C14H19N. The second-order valence-electron chi connectivity index (χ2n) is 3.54. The van der Waals surface area contributed by atoms with Crippen LogP contribution in [0, 0.1) is 0 Å². The Morgan fingerprint density at radius 3 is 2.40 bits per heavy atom. The number of nitrogens with zero attached hydrogens (tertiary/aromatic N) is 1. The molecule has 0 fully saturated rings. The lowest BCUT2D eigenvalue weighted by Gasteiger charge is -2.03. The standard InChI is InChI=1S/C14H19N/c1-3-14(4-2)15-12-8-11-13-9-6-5-7-10-13/h5-12,14H,3-4H2,1-2H3/b11-8+,15-12+. The summed E-state index contributed by atoms with van der Waals surface area (Å²) >= 11 is 0. The number of rotatable bonds is 5. The minimum atomic E-state index is 0.477. The molecule has 0 amide bonds. The Morgan fingerprint density at radius 2 is 1.80 bits per heavy atom. The van der Waals surface area contributed by atoms with Crippen molar-refractivity contribution >= 4 is 12.3 Å². The van der Waals surface area contributed by atoms with Crippen LogP contribution in [0.4, 0.5) is 0 Å². The highest BCUT2D eigenvalue weighted by Gasteiger charge is 1.95. The van der Waals surface area contributed by atoms with Crippen LogP contribution in [-0.4, -0.2) is 12.3 Å². The average molecular weight is 201 g/mol. The lowest BCUT2D eigenvalue weighted by Crippen LogP contribution is -1.98. The maximum atomic E-state index is 4.46. The first-order chi connectivity index (χ1) is 7.36. The SMILES string of the molecule is CCC(CC)/N=C/C=C/c1ccccc1. The molecule has 0 radical (unpaired) electrons. The van der Waals surface area contributed by atoms with Crippen molar-refractivity contribution in [1.29, 1.82) is 0 Å². The van der Waals surface area contributed by atoms with E-state index in [-0.39, 0.29) is 0 Å². The molecule has 15 heavy (non-hydrogen) atoms. The molecule has 1 rings (SSSR count). The summed E-state index contributed by atoms with van der Waals surface area (Å²) in [6, 6.07) is 10.7. The monoisotopic (exact) mass is 201 g/mol. The molecule has 80 valence electrons. The summed E-state index contributed by atoms with van der Waals surface area (Å²) in [5.41, 5.74) is 1.22. The van der Waals surface area contributed by atoms with Gasteiger partial charge in [-0.15, -0.1) is 0 Å². The van der Waals surface area contributed by atoms with Crippen LogP contribution in [0.5, 0.6) is 0 Å². The average Bonchev–Trinajstić information content (AvgIpc) is 2.31. The van der Waals surface area contributed by atoms with Crippen molar-refractivity contribution in [2.45, 2.75) is 32.7 Å². The van der Waals surface area contributed by atoms with Gasteiger partial charge >= 0.3 is 0 Å².